The third kappa shape index (κ3) is 5.17. The topological polar surface area (TPSA) is 75.6 Å². The fourth-order valence-electron chi connectivity index (χ4n) is 1.54. The van der Waals surface area contributed by atoms with Crippen LogP contribution in [0.4, 0.5) is 0 Å². The third-order valence-electron chi connectivity index (χ3n) is 3.11. The molecule has 0 aliphatic heterocycles. The maximum absolute atomic E-state index is 11.4. The van der Waals surface area contributed by atoms with Crippen molar-refractivity contribution in [3.05, 3.63) is 0 Å². The summed E-state index contributed by atoms with van der Waals surface area (Å²) in [4.78, 5) is 22.6. The summed E-state index contributed by atoms with van der Waals surface area (Å²) in [6.45, 7) is 6.65. The molecule has 0 aromatic rings. The van der Waals surface area contributed by atoms with Gasteiger partial charge in [0.1, 0.15) is 0 Å². The van der Waals surface area contributed by atoms with Crippen LogP contribution < -0.4 is 5.32 Å². The molecule has 100 valence electrons. The van der Waals surface area contributed by atoms with Crippen molar-refractivity contribution in [2.45, 2.75) is 40.0 Å². The van der Waals surface area contributed by atoms with E-state index in [1.807, 2.05) is 20.8 Å². The standard InChI is InChI=1S/C12H23NO4/c1-4-12(5-2,11(15)16)9-13-10(14)7-8-17-6-3/h4-9H2,1-3H3,(H,13,14)(H,15,16). The maximum Gasteiger partial charge on any atom is 0.311 e. The SMILES string of the molecule is CCOCCC(=O)NCC(CC)(CC)C(=O)O. The number of carboxylic acid groups (broad SMARTS) is 1. The third-order valence-corrected chi connectivity index (χ3v) is 3.11. The van der Waals surface area contributed by atoms with E-state index in [1.54, 1.807) is 0 Å². The lowest BCUT2D eigenvalue weighted by atomic mass is 9.82. The largest absolute Gasteiger partial charge is 0.481 e. The Morgan fingerprint density at radius 1 is 1.24 bits per heavy atom. The Balaban J connectivity index is 4.13. The summed E-state index contributed by atoms with van der Waals surface area (Å²) in [5, 5.41) is 11.8. The van der Waals surface area contributed by atoms with E-state index < -0.39 is 11.4 Å². The van der Waals surface area contributed by atoms with Gasteiger partial charge in [-0.05, 0) is 19.8 Å². The fraction of sp³-hybridized carbons (Fsp3) is 0.833. The molecule has 0 aliphatic rings. The van der Waals surface area contributed by atoms with Crippen LogP contribution in [0.15, 0.2) is 0 Å². The molecule has 0 aliphatic carbocycles. The molecule has 0 spiro atoms. The molecule has 0 atom stereocenters. The Labute approximate surface area is 103 Å². The maximum atomic E-state index is 11.4. The van der Waals surface area contributed by atoms with Crippen LogP contribution in [0.3, 0.4) is 0 Å². The van der Waals surface area contributed by atoms with Crippen LogP contribution >= 0.6 is 0 Å². The molecule has 0 unspecified atom stereocenters. The van der Waals surface area contributed by atoms with Crippen LogP contribution in [0, 0.1) is 5.41 Å². The highest BCUT2D eigenvalue weighted by atomic mass is 16.5. The first-order chi connectivity index (χ1) is 8.02. The van der Waals surface area contributed by atoms with E-state index in [9.17, 15) is 14.7 Å². The van der Waals surface area contributed by atoms with Gasteiger partial charge >= 0.3 is 5.97 Å². The van der Waals surface area contributed by atoms with Crippen molar-refractivity contribution >= 4 is 11.9 Å². The van der Waals surface area contributed by atoms with Crippen molar-refractivity contribution in [3.8, 4) is 0 Å². The number of carboxylic acids is 1. The van der Waals surface area contributed by atoms with E-state index in [-0.39, 0.29) is 18.9 Å². The molecule has 2 N–H and O–H groups in total. The Morgan fingerprint density at radius 3 is 2.24 bits per heavy atom. The molecule has 0 fully saturated rings. The second-order valence-electron chi connectivity index (χ2n) is 4.02. The minimum Gasteiger partial charge on any atom is -0.481 e. The molecule has 0 heterocycles. The van der Waals surface area contributed by atoms with E-state index >= 15 is 0 Å². The van der Waals surface area contributed by atoms with Gasteiger partial charge in [0.25, 0.3) is 0 Å². The van der Waals surface area contributed by atoms with Gasteiger partial charge < -0.3 is 15.2 Å². The monoisotopic (exact) mass is 245 g/mol. The van der Waals surface area contributed by atoms with Crippen molar-refractivity contribution < 1.29 is 19.4 Å². The number of carbonyl (C=O) groups excluding carboxylic acids is 1. The van der Waals surface area contributed by atoms with E-state index in [1.165, 1.54) is 0 Å². The Morgan fingerprint density at radius 2 is 1.82 bits per heavy atom. The molecule has 0 rings (SSSR count). The molecule has 5 heteroatoms. The van der Waals surface area contributed by atoms with Gasteiger partial charge in [-0.3, -0.25) is 9.59 Å². The first-order valence-electron chi connectivity index (χ1n) is 6.10. The van der Waals surface area contributed by atoms with Crippen LogP contribution in [0.5, 0.6) is 0 Å². The number of hydrogen-bond donors (Lipinski definition) is 2. The first kappa shape index (κ1) is 15.9. The first-order valence-corrected chi connectivity index (χ1v) is 6.10. The van der Waals surface area contributed by atoms with Gasteiger partial charge in [-0.25, -0.2) is 0 Å². The molecule has 0 radical (unpaired) electrons. The predicted octanol–water partition coefficient (Wildman–Crippen LogP) is 1.42. The van der Waals surface area contributed by atoms with Crippen molar-refractivity contribution in [1.29, 1.82) is 0 Å². The van der Waals surface area contributed by atoms with E-state index in [2.05, 4.69) is 5.32 Å². The average Bonchev–Trinajstić information content (AvgIpc) is 2.31. The van der Waals surface area contributed by atoms with E-state index in [4.69, 9.17) is 4.74 Å². The number of amides is 1. The molecule has 5 nitrogen and oxygen atoms in total. The summed E-state index contributed by atoms with van der Waals surface area (Å²) in [7, 11) is 0. The second-order valence-corrected chi connectivity index (χ2v) is 4.02. The molecular weight excluding hydrogens is 222 g/mol. The van der Waals surface area contributed by atoms with Crippen LogP contribution in [0.1, 0.15) is 40.0 Å². The number of rotatable bonds is 9. The number of ether oxygens (including phenoxy) is 1. The van der Waals surface area contributed by atoms with Gasteiger partial charge in [0, 0.05) is 19.6 Å². The summed E-state index contributed by atoms with van der Waals surface area (Å²) < 4.78 is 5.06. The van der Waals surface area contributed by atoms with Crippen molar-refractivity contribution in [1.82, 2.24) is 5.32 Å². The lowest BCUT2D eigenvalue weighted by Crippen LogP contribution is -2.42. The highest BCUT2D eigenvalue weighted by Gasteiger charge is 2.34. The zero-order chi connectivity index (χ0) is 13.3. The van der Waals surface area contributed by atoms with Crippen LogP contribution in [0.2, 0.25) is 0 Å². The fourth-order valence-corrected chi connectivity index (χ4v) is 1.54. The van der Waals surface area contributed by atoms with E-state index in [0.717, 1.165) is 0 Å². The summed E-state index contributed by atoms with van der Waals surface area (Å²) in [6.07, 6.45) is 1.28. The van der Waals surface area contributed by atoms with Crippen LogP contribution in [-0.4, -0.2) is 36.7 Å². The number of hydrogen-bond acceptors (Lipinski definition) is 3. The van der Waals surface area contributed by atoms with Crippen molar-refractivity contribution in [2.75, 3.05) is 19.8 Å². The quantitative estimate of drug-likeness (QED) is 0.602. The minimum absolute atomic E-state index is 0.161. The predicted molar refractivity (Wildman–Crippen MR) is 64.8 cm³/mol. The molecule has 0 saturated heterocycles. The summed E-state index contributed by atoms with van der Waals surface area (Å²) in [5.41, 5.74) is -0.846. The van der Waals surface area contributed by atoms with Gasteiger partial charge in [-0.1, -0.05) is 13.8 Å². The van der Waals surface area contributed by atoms with Gasteiger partial charge in [-0.2, -0.15) is 0 Å². The Kier molecular flexibility index (Phi) is 7.54. The van der Waals surface area contributed by atoms with Crippen molar-refractivity contribution in [2.24, 2.45) is 5.41 Å². The number of carbonyl (C=O) groups is 2. The van der Waals surface area contributed by atoms with Gasteiger partial charge in [-0.15, -0.1) is 0 Å². The molecule has 0 aromatic carbocycles. The van der Waals surface area contributed by atoms with Gasteiger partial charge in [0.2, 0.25) is 5.91 Å². The zero-order valence-electron chi connectivity index (χ0n) is 10.9. The van der Waals surface area contributed by atoms with Gasteiger partial charge in [0.05, 0.1) is 12.0 Å². The van der Waals surface area contributed by atoms with Gasteiger partial charge in [0.15, 0.2) is 0 Å². The molecule has 0 bridgehead atoms. The lowest BCUT2D eigenvalue weighted by molar-refractivity contribution is -0.149. The average molecular weight is 245 g/mol. The molecule has 17 heavy (non-hydrogen) atoms. The molecule has 0 saturated carbocycles. The highest BCUT2D eigenvalue weighted by molar-refractivity contribution is 5.79. The summed E-state index contributed by atoms with van der Waals surface area (Å²) >= 11 is 0. The highest BCUT2D eigenvalue weighted by Crippen LogP contribution is 2.25. The molecule has 0 aromatic heterocycles. The molecule has 1 amide bonds. The normalized spacial score (nSPS) is 11.2. The second kappa shape index (κ2) is 8.06. The molecular formula is C12H23NO4. The zero-order valence-corrected chi connectivity index (χ0v) is 10.9. The minimum atomic E-state index is -0.854. The Hall–Kier alpha value is -1.10. The number of nitrogens with one attached hydrogen (secondary N) is 1. The van der Waals surface area contributed by atoms with Crippen molar-refractivity contribution in [3.63, 3.8) is 0 Å². The smallest absolute Gasteiger partial charge is 0.311 e. The van der Waals surface area contributed by atoms with Crippen LogP contribution in [-0.2, 0) is 14.3 Å². The lowest BCUT2D eigenvalue weighted by Gasteiger charge is -2.26. The summed E-state index contributed by atoms with van der Waals surface area (Å²) in [5.74, 6) is -1.02. The van der Waals surface area contributed by atoms with E-state index in [0.29, 0.717) is 26.1 Å². The number of aliphatic carboxylic acids is 1. The Bertz CT molecular complexity index is 249. The summed E-state index contributed by atoms with van der Waals surface area (Å²) in [6, 6.07) is 0. The van der Waals surface area contributed by atoms with Crippen LogP contribution in [0.25, 0.3) is 0 Å².